The van der Waals surface area contributed by atoms with Gasteiger partial charge in [-0.15, -0.1) is 0 Å². The number of thioether (sulfide) groups is 2. The Morgan fingerprint density at radius 3 is 2.00 bits per heavy atom. The first-order valence-electron chi connectivity index (χ1n) is 5.61. The van der Waals surface area contributed by atoms with Crippen molar-refractivity contribution in [3.05, 3.63) is 70.5 Å². The molecule has 84 valence electrons. The van der Waals surface area contributed by atoms with E-state index >= 15 is 0 Å². The van der Waals surface area contributed by atoms with E-state index in [0.717, 1.165) is 6.42 Å². The van der Waals surface area contributed by atoms with Crippen LogP contribution in [0.25, 0.3) is 0 Å². The molecule has 0 aromatic heterocycles. The predicted molar refractivity (Wildman–Crippen MR) is 76.4 cm³/mol. The highest BCUT2D eigenvalue weighted by molar-refractivity contribution is 8.24. The molecule has 2 aromatic carbocycles. The van der Waals surface area contributed by atoms with Crippen molar-refractivity contribution in [1.29, 1.82) is 0 Å². The fourth-order valence-corrected chi connectivity index (χ4v) is 4.11. The lowest BCUT2D eigenvalue weighted by Gasteiger charge is -1.96. The average molecular weight is 256 g/mol. The Bertz CT molecular complexity index is 517. The first-order chi connectivity index (χ1) is 8.42. The van der Waals surface area contributed by atoms with Crippen LogP contribution in [0, 0.1) is 0 Å². The first-order valence-corrected chi connectivity index (χ1v) is 7.24. The highest BCUT2D eigenvalue weighted by Gasteiger charge is 2.15. The second kappa shape index (κ2) is 5.03. The van der Waals surface area contributed by atoms with Gasteiger partial charge in [-0.1, -0.05) is 72.1 Å². The average Bonchev–Trinajstić information content (AvgIpc) is 2.80. The number of benzene rings is 2. The fourth-order valence-electron chi connectivity index (χ4n) is 1.75. The summed E-state index contributed by atoms with van der Waals surface area (Å²) in [6, 6.07) is 19.2. The quantitative estimate of drug-likeness (QED) is 0.744. The van der Waals surface area contributed by atoms with Gasteiger partial charge >= 0.3 is 0 Å². The van der Waals surface area contributed by atoms with Crippen LogP contribution < -0.4 is 0 Å². The SMILES string of the molecule is C(Cc1ccccc1)=C1Sc2ccccc2S1. The van der Waals surface area contributed by atoms with Crippen molar-refractivity contribution in [2.75, 3.05) is 0 Å². The van der Waals surface area contributed by atoms with E-state index in [2.05, 4.69) is 60.7 Å². The smallest absolute Gasteiger partial charge is 0.0463 e. The zero-order valence-electron chi connectivity index (χ0n) is 9.30. The van der Waals surface area contributed by atoms with E-state index in [4.69, 9.17) is 0 Å². The molecule has 0 aliphatic carbocycles. The van der Waals surface area contributed by atoms with Crippen LogP contribution in [0.1, 0.15) is 5.56 Å². The number of allylic oxidation sites excluding steroid dienone is 1. The van der Waals surface area contributed by atoms with E-state index < -0.39 is 0 Å². The van der Waals surface area contributed by atoms with Gasteiger partial charge in [0.1, 0.15) is 0 Å². The van der Waals surface area contributed by atoms with Crippen LogP contribution in [-0.4, -0.2) is 0 Å². The maximum atomic E-state index is 2.32. The summed E-state index contributed by atoms with van der Waals surface area (Å²) in [6.07, 6.45) is 3.34. The summed E-state index contributed by atoms with van der Waals surface area (Å²) < 4.78 is 1.40. The van der Waals surface area contributed by atoms with Crippen LogP contribution in [0.3, 0.4) is 0 Å². The molecule has 3 rings (SSSR count). The van der Waals surface area contributed by atoms with E-state index in [-0.39, 0.29) is 0 Å². The van der Waals surface area contributed by atoms with Gasteiger partial charge in [0.2, 0.25) is 0 Å². The lowest BCUT2D eigenvalue weighted by atomic mass is 10.2. The van der Waals surface area contributed by atoms with Crippen LogP contribution in [-0.2, 0) is 6.42 Å². The molecule has 2 heteroatoms. The molecule has 1 aliphatic heterocycles. The first kappa shape index (κ1) is 11.0. The third-order valence-corrected chi connectivity index (χ3v) is 5.13. The normalized spacial score (nSPS) is 13.5. The third-order valence-electron chi connectivity index (χ3n) is 2.62. The van der Waals surface area contributed by atoms with Gasteiger partial charge in [-0.2, -0.15) is 0 Å². The minimum absolute atomic E-state index is 1.02. The molecule has 0 atom stereocenters. The molecule has 0 unspecified atom stereocenters. The van der Waals surface area contributed by atoms with Crippen LogP contribution >= 0.6 is 23.5 Å². The summed E-state index contributed by atoms with van der Waals surface area (Å²) in [6.45, 7) is 0. The minimum Gasteiger partial charge on any atom is -0.0819 e. The van der Waals surface area contributed by atoms with E-state index in [0.29, 0.717) is 0 Å². The van der Waals surface area contributed by atoms with E-state index in [1.165, 1.54) is 19.6 Å². The summed E-state index contributed by atoms with van der Waals surface area (Å²) in [4.78, 5) is 2.77. The van der Waals surface area contributed by atoms with Crippen molar-refractivity contribution in [2.24, 2.45) is 0 Å². The van der Waals surface area contributed by atoms with Crippen molar-refractivity contribution >= 4 is 23.5 Å². The van der Waals surface area contributed by atoms with Crippen molar-refractivity contribution in [3.8, 4) is 0 Å². The minimum atomic E-state index is 1.02. The Labute approximate surface area is 110 Å². The predicted octanol–water partition coefficient (Wildman–Crippen LogP) is 4.97. The van der Waals surface area contributed by atoms with Gasteiger partial charge in [-0.25, -0.2) is 0 Å². The van der Waals surface area contributed by atoms with E-state index in [1.807, 2.05) is 23.5 Å². The lowest BCUT2D eigenvalue weighted by Crippen LogP contribution is -1.78. The standard InChI is InChI=1S/C15H12S2/c1-2-6-12(7-3-1)10-11-15-16-13-8-4-5-9-14(13)17-15/h1-9,11H,10H2. The molecule has 0 nitrogen and oxygen atoms in total. The monoisotopic (exact) mass is 256 g/mol. The highest BCUT2D eigenvalue weighted by Crippen LogP contribution is 2.50. The molecular formula is C15H12S2. The molecule has 0 radical (unpaired) electrons. The zero-order chi connectivity index (χ0) is 11.5. The summed E-state index contributed by atoms with van der Waals surface area (Å²) >= 11 is 3.76. The van der Waals surface area contributed by atoms with Gasteiger partial charge in [-0.3, -0.25) is 0 Å². The van der Waals surface area contributed by atoms with Gasteiger partial charge in [0.05, 0.1) is 0 Å². The van der Waals surface area contributed by atoms with Crippen molar-refractivity contribution in [1.82, 2.24) is 0 Å². The second-order valence-corrected chi connectivity index (χ2v) is 6.29. The Morgan fingerprint density at radius 2 is 1.35 bits per heavy atom. The van der Waals surface area contributed by atoms with Gasteiger partial charge < -0.3 is 0 Å². The van der Waals surface area contributed by atoms with Crippen molar-refractivity contribution in [3.63, 3.8) is 0 Å². The molecule has 0 fully saturated rings. The molecule has 0 N–H and O–H groups in total. The van der Waals surface area contributed by atoms with E-state index in [1.54, 1.807) is 0 Å². The largest absolute Gasteiger partial charge is 0.0819 e. The molecule has 2 aromatic rings. The van der Waals surface area contributed by atoms with Crippen LogP contribution in [0.15, 0.2) is 74.7 Å². The molecule has 0 spiro atoms. The van der Waals surface area contributed by atoms with Crippen molar-refractivity contribution in [2.45, 2.75) is 16.2 Å². The molecular weight excluding hydrogens is 244 g/mol. The number of hydrogen-bond donors (Lipinski definition) is 0. The topological polar surface area (TPSA) is 0 Å². The van der Waals surface area contributed by atoms with Gasteiger partial charge in [-0.05, 0) is 24.1 Å². The highest BCUT2D eigenvalue weighted by atomic mass is 32.2. The van der Waals surface area contributed by atoms with E-state index in [9.17, 15) is 0 Å². The maximum absolute atomic E-state index is 2.32. The molecule has 1 aliphatic rings. The fraction of sp³-hybridized carbons (Fsp3) is 0.0667. The number of hydrogen-bond acceptors (Lipinski definition) is 2. The van der Waals surface area contributed by atoms with Crippen LogP contribution in [0.5, 0.6) is 0 Å². The second-order valence-electron chi connectivity index (χ2n) is 3.86. The number of rotatable bonds is 2. The molecule has 0 saturated carbocycles. The van der Waals surface area contributed by atoms with Gasteiger partial charge in [0.15, 0.2) is 0 Å². The zero-order valence-corrected chi connectivity index (χ0v) is 10.9. The molecule has 17 heavy (non-hydrogen) atoms. The molecule has 0 saturated heterocycles. The summed E-state index contributed by atoms with van der Waals surface area (Å²) in [5, 5.41) is 0. The summed E-state index contributed by atoms with van der Waals surface area (Å²) in [5.41, 5.74) is 1.37. The third kappa shape index (κ3) is 2.59. The number of fused-ring (bicyclic) bond motifs is 1. The molecule has 0 amide bonds. The summed E-state index contributed by atoms with van der Waals surface area (Å²) in [5.74, 6) is 0. The Hall–Kier alpha value is -1.12. The Morgan fingerprint density at radius 1 is 0.765 bits per heavy atom. The summed E-state index contributed by atoms with van der Waals surface area (Å²) in [7, 11) is 0. The molecule has 0 bridgehead atoms. The lowest BCUT2D eigenvalue weighted by molar-refractivity contribution is 1.27. The van der Waals surface area contributed by atoms with Gasteiger partial charge in [0, 0.05) is 14.0 Å². The van der Waals surface area contributed by atoms with Crippen molar-refractivity contribution < 1.29 is 0 Å². The Kier molecular flexibility index (Phi) is 3.25. The maximum Gasteiger partial charge on any atom is 0.0463 e. The molecule has 1 heterocycles. The Balaban J connectivity index is 1.73. The van der Waals surface area contributed by atoms with Gasteiger partial charge in [0.25, 0.3) is 0 Å². The van der Waals surface area contributed by atoms with Crippen LogP contribution in [0.2, 0.25) is 0 Å². The van der Waals surface area contributed by atoms with Crippen LogP contribution in [0.4, 0.5) is 0 Å².